The van der Waals surface area contributed by atoms with Crippen LogP contribution in [-0.2, 0) is 9.59 Å². The number of carbonyl (C=O) groups is 2. The van der Waals surface area contributed by atoms with Crippen LogP contribution in [0.2, 0.25) is 0 Å². The van der Waals surface area contributed by atoms with Gasteiger partial charge in [0.05, 0.1) is 6.54 Å². The summed E-state index contributed by atoms with van der Waals surface area (Å²) < 4.78 is 0. The third-order valence-corrected chi connectivity index (χ3v) is 2.68. The summed E-state index contributed by atoms with van der Waals surface area (Å²) in [5, 5.41) is 5.25. The quantitative estimate of drug-likeness (QED) is 0.800. The van der Waals surface area contributed by atoms with Crippen molar-refractivity contribution in [2.75, 3.05) is 13.1 Å². The summed E-state index contributed by atoms with van der Waals surface area (Å²) in [6.07, 6.45) is 0.392. The average Bonchev–Trinajstić information content (AvgIpc) is 2.38. The van der Waals surface area contributed by atoms with Gasteiger partial charge in [0, 0.05) is 13.0 Å². The van der Waals surface area contributed by atoms with Crippen LogP contribution in [0.15, 0.2) is 30.3 Å². The number of amides is 2. The Labute approximate surface area is 108 Å². The molecule has 0 saturated carbocycles. The van der Waals surface area contributed by atoms with Gasteiger partial charge in [-0.05, 0) is 18.4 Å². The SMILES string of the molecule is CCNC(=O)CNC(=O)CC(C)c1ccccc1. The Bertz CT molecular complexity index is 390. The molecule has 0 aromatic heterocycles. The fourth-order valence-corrected chi connectivity index (χ4v) is 1.69. The molecule has 4 heteroatoms. The molecule has 0 aliphatic heterocycles. The van der Waals surface area contributed by atoms with E-state index in [4.69, 9.17) is 0 Å². The molecule has 0 radical (unpaired) electrons. The molecular formula is C14H20N2O2. The van der Waals surface area contributed by atoms with E-state index < -0.39 is 0 Å². The summed E-state index contributed by atoms with van der Waals surface area (Å²) in [5.41, 5.74) is 1.13. The lowest BCUT2D eigenvalue weighted by Crippen LogP contribution is -2.37. The van der Waals surface area contributed by atoms with Crippen LogP contribution in [0.1, 0.15) is 31.7 Å². The van der Waals surface area contributed by atoms with Crippen LogP contribution < -0.4 is 10.6 Å². The van der Waals surface area contributed by atoms with Gasteiger partial charge in [-0.3, -0.25) is 9.59 Å². The molecule has 0 heterocycles. The van der Waals surface area contributed by atoms with Crippen LogP contribution in [0.5, 0.6) is 0 Å². The largest absolute Gasteiger partial charge is 0.355 e. The van der Waals surface area contributed by atoms with Crippen LogP contribution in [-0.4, -0.2) is 24.9 Å². The minimum atomic E-state index is -0.154. The second-order valence-electron chi connectivity index (χ2n) is 4.25. The molecule has 2 amide bonds. The van der Waals surface area contributed by atoms with Gasteiger partial charge in [0.1, 0.15) is 0 Å². The number of hydrogen-bond acceptors (Lipinski definition) is 2. The first kappa shape index (κ1) is 14.2. The third-order valence-electron chi connectivity index (χ3n) is 2.68. The van der Waals surface area contributed by atoms with E-state index in [-0.39, 0.29) is 24.3 Å². The van der Waals surface area contributed by atoms with Gasteiger partial charge in [0.2, 0.25) is 11.8 Å². The van der Waals surface area contributed by atoms with Crippen LogP contribution in [0.25, 0.3) is 0 Å². The Kier molecular flexibility index (Phi) is 5.91. The van der Waals surface area contributed by atoms with E-state index in [1.54, 1.807) is 0 Å². The van der Waals surface area contributed by atoms with E-state index >= 15 is 0 Å². The van der Waals surface area contributed by atoms with Crippen molar-refractivity contribution in [1.82, 2.24) is 10.6 Å². The van der Waals surface area contributed by atoms with Gasteiger partial charge in [-0.2, -0.15) is 0 Å². The van der Waals surface area contributed by atoms with E-state index in [1.165, 1.54) is 0 Å². The molecule has 98 valence electrons. The van der Waals surface area contributed by atoms with E-state index in [9.17, 15) is 9.59 Å². The number of likely N-dealkylation sites (N-methyl/N-ethyl adjacent to an activating group) is 1. The van der Waals surface area contributed by atoms with Crippen LogP contribution in [0.4, 0.5) is 0 Å². The second-order valence-corrected chi connectivity index (χ2v) is 4.25. The molecule has 0 bridgehead atoms. The molecule has 1 atom stereocenters. The number of nitrogens with one attached hydrogen (secondary N) is 2. The van der Waals surface area contributed by atoms with E-state index in [1.807, 2.05) is 44.2 Å². The smallest absolute Gasteiger partial charge is 0.239 e. The monoisotopic (exact) mass is 248 g/mol. The maximum absolute atomic E-state index is 11.6. The summed E-state index contributed by atoms with van der Waals surface area (Å²) in [5.74, 6) is -0.101. The first-order valence-corrected chi connectivity index (χ1v) is 6.21. The summed E-state index contributed by atoms with van der Waals surface area (Å²) >= 11 is 0. The number of hydrogen-bond donors (Lipinski definition) is 2. The lowest BCUT2D eigenvalue weighted by Gasteiger charge is -2.11. The van der Waals surface area contributed by atoms with Crippen molar-refractivity contribution >= 4 is 11.8 Å². The van der Waals surface area contributed by atoms with E-state index in [0.717, 1.165) is 5.56 Å². The normalized spacial score (nSPS) is 11.7. The molecule has 18 heavy (non-hydrogen) atoms. The number of carbonyl (C=O) groups excluding carboxylic acids is 2. The molecule has 1 unspecified atom stereocenters. The molecule has 1 rings (SSSR count). The highest BCUT2D eigenvalue weighted by molar-refractivity contribution is 5.84. The Balaban J connectivity index is 2.34. The fraction of sp³-hybridized carbons (Fsp3) is 0.429. The molecule has 2 N–H and O–H groups in total. The van der Waals surface area contributed by atoms with Crippen molar-refractivity contribution in [3.05, 3.63) is 35.9 Å². The molecule has 0 spiro atoms. The highest BCUT2D eigenvalue weighted by Gasteiger charge is 2.11. The van der Waals surface area contributed by atoms with Crippen LogP contribution in [0, 0.1) is 0 Å². The Hall–Kier alpha value is -1.84. The molecule has 0 aliphatic carbocycles. The molecule has 0 aliphatic rings. The third kappa shape index (κ3) is 4.99. The predicted molar refractivity (Wildman–Crippen MR) is 71.2 cm³/mol. The van der Waals surface area contributed by atoms with Gasteiger partial charge in [0.15, 0.2) is 0 Å². The highest BCUT2D eigenvalue weighted by atomic mass is 16.2. The Morgan fingerprint density at radius 3 is 2.39 bits per heavy atom. The van der Waals surface area contributed by atoms with Gasteiger partial charge >= 0.3 is 0 Å². The Morgan fingerprint density at radius 1 is 1.11 bits per heavy atom. The van der Waals surface area contributed by atoms with Crippen molar-refractivity contribution in [3.8, 4) is 0 Å². The number of rotatable bonds is 6. The van der Waals surface area contributed by atoms with Crippen molar-refractivity contribution < 1.29 is 9.59 Å². The van der Waals surface area contributed by atoms with E-state index in [2.05, 4.69) is 10.6 Å². The fourth-order valence-electron chi connectivity index (χ4n) is 1.69. The average molecular weight is 248 g/mol. The first-order valence-electron chi connectivity index (χ1n) is 6.21. The standard InChI is InChI=1S/C14H20N2O2/c1-3-15-14(18)10-16-13(17)9-11(2)12-7-5-4-6-8-12/h4-8,11H,3,9-10H2,1-2H3,(H,15,18)(H,16,17). The van der Waals surface area contributed by atoms with Crippen LogP contribution >= 0.6 is 0 Å². The topological polar surface area (TPSA) is 58.2 Å². The Morgan fingerprint density at radius 2 is 1.78 bits per heavy atom. The molecule has 0 fully saturated rings. The number of benzene rings is 1. The molecule has 1 aromatic rings. The molecule has 1 aromatic carbocycles. The minimum Gasteiger partial charge on any atom is -0.355 e. The molecule has 0 saturated heterocycles. The van der Waals surface area contributed by atoms with Gasteiger partial charge in [-0.15, -0.1) is 0 Å². The predicted octanol–water partition coefficient (Wildman–Crippen LogP) is 1.43. The molecule has 4 nitrogen and oxygen atoms in total. The second kappa shape index (κ2) is 7.48. The van der Waals surface area contributed by atoms with Gasteiger partial charge in [-0.1, -0.05) is 37.3 Å². The summed E-state index contributed by atoms with van der Waals surface area (Å²) in [6, 6.07) is 9.87. The van der Waals surface area contributed by atoms with Crippen molar-refractivity contribution in [2.24, 2.45) is 0 Å². The maximum atomic E-state index is 11.6. The van der Waals surface area contributed by atoms with Gasteiger partial charge in [0.25, 0.3) is 0 Å². The minimum absolute atomic E-state index is 0.0498. The molecular weight excluding hydrogens is 228 g/mol. The van der Waals surface area contributed by atoms with Crippen molar-refractivity contribution in [2.45, 2.75) is 26.2 Å². The lowest BCUT2D eigenvalue weighted by atomic mass is 9.98. The van der Waals surface area contributed by atoms with E-state index in [0.29, 0.717) is 13.0 Å². The highest BCUT2D eigenvalue weighted by Crippen LogP contribution is 2.17. The van der Waals surface area contributed by atoms with Crippen LogP contribution in [0.3, 0.4) is 0 Å². The summed E-state index contributed by atoms with van der Waals surface area (Å²) in [7, 11) is 0. The summed E-state index contributed by atoms with van der Waals surface area (Å²) in [4.78, 5) is 22.8. The zero-order valence-corrected chi connectivity index (χ0v) is 10.9. The lowest BCUT2D eigenvalue weighted by molar-refractivity contribution is -0.126. The van der Waals surface area contributed by atoms with Crippen molar-refractivity contribution in [1.29, 1.82) is 0 Å². The van der Waals surface area contributed by atoms with Crippen molar-refractivity contribution in [3.63, 3.8) is 0 Å². The van der Waals surface area contributed by atoms with Gasteiger partial charge in [-0.25, -0.2) is 0 Å². The first-order chi connectivity index (χ1) is 8.63. The zero-order valence-electron chi connectivity index (χ0n) is 10.9. The zero-order chi connectivity index (χ0) is 13.4. The maximum Gasteiger partial charge on any atom is 0.239 e. The van der Waals surface area contributed by atoms with Gasteiger partial charge < -0.3 is 10.6 Å². The summed E-state index contributed by atoms with van der Waals surface area (Å²) in [6.45, 7) is 4.47.